The van der Waals surface area contributed by atoms with Crippen molar-refractivity contribution in [1.29, 1.82) is 0 Å². The first kappa shape index (κ1) is 26.1. The van der Waals surface area contributed by atoms with Gasteiger partial charge >= 0.3 is 5.97 Å². The maximum Gasteiger partial charge on any atom is 0.306 e. The Balaban J connectivity index is 1.74. The van der Waals surface area contributed by atoms with Gasteiger partial charge in [0.1, 0.15) is 28.8 Å². The van der Waals surface area contributed by atoms with Crippen LogP contribution in [0.15, 0.2) is 91.0 Å². The number of benzene rings is 3. The predicted molar refractivity (Wildman–Crippen MR) is 147 cm³/mol. The highest BCUT2D eigenvalue weighted by atomic mass is 31.2. The summed E-state index contributed by atoms with van der Waals surface area (Å²) in [5.74, 6) is -0.0997. The Bertz CT molecular complexity index is 904. The topological polar surface area (TPSA) is 29.5 Å². The average molecular weight is 477 g/mol. The molecule has 0 radical (unpaired) electrons. The number of hydrogen-bond donors (Lipinski definition) is 0. The normalized spacial score (nSPS) is 12.0. The second-order valence-corrected chi connectivity index (χ2v) is 13.5. The van der Waals surface area contributed by atoms with Crippen molar-refractivity contribution in [2.75, 3.05) is 26.3 Å². The fourth-order valence-electron chi connectivity index (χ4n) is 4.36. The predicted octanol–water partition coefficient (Wildman–Crippen LogP) is 5.42. The van der Waals surface area contributed by atoms with E-state index >= 15 is 0 Å². The van der Waals surface area contributed by atoms with Crippen LogP contribution in [0.4, 0.5) is 0 Å². The minimum absolute atomic E-state index is 0.0997. The first-order chi connectivity index (χ1) is 16.3. The minimum atomic E-state index is -1.80. The Labute approximate surface area is 206 Å². The highest BCUT2D eigenvalue weighted by Gasteiger charge is 2.44. The number of carbonyl (C=O) groups excluding carboxylic acids is 1. The van der Waals surface area contributed by atoms with Crippen LogP contribution in [-0.2, 0) is 9.53 Å². The van der Waals surface area contributed by atoms with Gasteiger partial charge in [0, 0.05) is 13.0 Å². The van der Waals surface area contributed by atoms with Crippen LogP contribution < -0.4 is 15.9 Å². The highest BCUT2D eigenvalue weighted by Crippen LogP contribution is 2.55. The Morgan fingerprint density at radius 1 is 0.735 bits per heavy atom. The van der Waals surface area contributed by atoms with Gasteiger partial charge in [-0.25, -0.2) is 0 Å². The van der Waals surface area contributed by atoms with Crippen molar-refractivity contribution in [2.45, 2.75) is 45.6 Å². The molecule has 0 fully saturated rings. The van der Waals surface area contributed by atoms with E-state index in [1.165, 1.54) is 15.9 Å². The summed E-state index contributed by atoms with van der Waals surface area (Å²) in [6.07, 6.45) is 3.41. The lowest BCUT2D eigenvalue weighted by Crippen LogP contribution is -2.37. The number of hydrogen-bond acceptors (Lipinski definition) is 3. The van der Waals surface area contributed by atoms with Gasteiger partial charge in [-0.1, -0.05) is 54.6 Å². The van der Waals surface area contributed by atoms with Crippen LogP contribution in [0.3, 0.4) is 0 Å². The molecule has 0 spiro atoms. The molecule has 0 atom stereocenters. The summed E-state index contributed by atoms with van der Waals surface area (Å²) < 4.78 is 5.44. The molecule has 0 amide bonds. The summed E-state index contributed by atoms with van der Waals surface area (Å²) in [7, 11) is 0.396. The van der Waals surface area contributed by atoms with Gasteiger partial charge in [-0.05, 0) is 83.6 Å². The summed E-state index contributed by atoms with van der Waals surface area (Å²) in [6, 6.07) is 33.1. The van der Waals surface area contributed by atoms with Gasteiger partial charge in [-0.3, -0.25) is 4.79 Å². The van der Waals surface area contributed by atoms with Crippen LogP contribution in [0.1, 0.15) is 40.0 Å². The maximum absolute atomic E-state index is 12.0. The van der Waals surface area contributed by atoms with Crippen LogP contribution in [-0.4, -0.2) is 42.8 Å². The minimum Gasteiger partial charge on any atom is -0.460 e. The first-order valence-corrected chi connectivity index (χ1v) is 14.2. The van der Waals surface area contributed by atoms with Gasteiger partial charge in [-0.15, -0.1) is 0 Å². The number of nitrogens with zero attached hydrogens (tertiary/aromatic N) is 1. The van der Waals surface area contributed by atoms with E-state index in [1.807, 2.05) is 20.8 Å². The van der Waals surface area contributed by atoms with E-state index in [-0.39, 0.29) is 5.97 Å². The lowest BCUT2D eigenvalue weighted by atomic mass is 10.2. The summed E-state index contributed by atoms with van der Waals surface area (Å²) in [6.45, 7) is 7.72. The molecule has 3 nitrogen and oxygen atoms in total. The van der Waals surface area contributed by atoms with Crippen molar-refractivity contribution >= 4 is 29.1 Å². The zero-order chi connectivity index (χ0) is 24.4. The zero-order valence-corrected chi connectivity index (χ0v) is 22.0. The molecule has 0 aliphatic heterocycles. The van der Waals surface area contributed by atoms with Crippen LogP contribution in [0, 0.1) is 0 Å². The summed E-state index contributed by atoms with van der Waals surface area (Å²) >= 11 is 0. The van der Waals surface area contributed by atoms with E-state index in [1.54, 1.807) is 0 Å². The summed E-state index contributed by atoms with van der Waals surface area (Å²) in [5, 5.41) is 4.27. The smallest absolute Gasteiger partial charge is 0.306 e. The van der Waals surface area contributed by atoms with Gasteiger partial charge < -0.3 is 9.64 Å². The lowest BCUT2D eigenvalue weighted by molar-refractivity contribution is -0.154. The molecule has 180 valence electrons. The SMILES string of the molecule is CN(CCCCC(=O)OC(C)(C)C)CC[P+](c1ccccc1)(c1ccccc1)c1ccccc1. The molecule has 34 heavy (non-hydrogen) atoms. The molecule has 0 unspecified atom stereocenters. The second kappa shape index (κ2) is 12.3. The van der Waals surface area contributed by atoms with Crippen LogP contribution in [0.25, 0.3) is 0 Å². The summed E-state index contributed by atoms with van der Waals surface area (Å²) in [5.41, 5.74) is -0.410. The van der Waals surface area contributed by atoms with Crippen LogP contribution >= 0.6 is 7.26 Å². The Kier molecular flexibility index (Phi) is 9.45. The maximum atomic E-state index is 12.0. The van der Waals surface area contributed by atoms with E-state index in [0.717, 1.165) is 32.1 Å². The number of ether oxygens (including phenoxy) is 1. The lowest BCUT2D eigenvalue weighted by Gasteiger charge is -2.29. The molecule has 0 bridgehead atoms. The third-order valence-corrected chi connectivity index (χ3v) is 10.4. The average Bonchev–Trinajstić information content (AvgIpc) is 2.83. The molecule has 0 N–H and O–H groups in total. The fraction of sp³-hybridized carbons (Fsp3) is 0.367. The van der Waals surface area contributed by atoms with Crippen molar-refractivity contribution in [2.24, 2.45) is 0 Å². The van der Waals surface area contributed by atoms with E-state index in [2.05, 4.69) is 103 Å². The van der Waals surface area contributed by atoms with Crippen LogP contribution in [0.5, 0.6) is 0 Å². The Morgan fingerprint density at radius 3 is 1.59 bits per heavy atom. The van der Waals surface area contributed by atoms with E-state index < -0.39 is 12.9 Å². The molecular weight excluding hydrogens is 437 g/mol. The fourth-order valence-corrected chi connectivity index (χ4v) is 8.71. The highest BCUT2D eigenvalue weighted by molar-refractivity contribution is 7.95. The molecule has 0 aliphatic rings. The molecule has 0 aliphatic carbocycles. The molecule has 3 aromatic rings. The van der Waals surface area contributed by atoms with E-state index in [0.29, 0.717) is 6.42 Å². The molecule has 0 heterocycles. The van der Waals surface area contributed by atoms with E-state index in [4.69, 9.17) is 4.74 Å². The molecule has 0 saturated heterocycles. The van der Waals surface area contributed by atoms with Crippen molar-refractivity contribution in [3.05, 3.63) is 91.0 Å². The standard InChI is InChI=1S/C30H39NO2P/c1-30(2,3)33-29(32)22-14-15-23-31(4)24-25-34(26-16-8-5-9-17-26,27-18-10-6-11-19-27)28-20-12-7-13-21-28/h5-13,16-21H,14-15,22-25H2,1-4H3/q+1. The van der Waals surface area contributed by atoms with Crippen LogP contribution in [0.2, 0.25) is 0 Å². The van der Waals surface area contributed by atoms with Gasteiger partial charge in [-0.2, -0.15) is 0 Å². The third-order valence-electron chi connectivity index (χ3n) is 6.00. The second-order valence-electron chi connectivity index (χ2n) is 9.89. The van der Waals surface area contributed by atoms with Crippen molar-refractivity contribution in [3.8, 4) is 0 Å². The number of esters is 1. The Hall–Kier alpha value is -2.48. The Morgan fingerprint density at radius 2 is 1.18 bits per heavy atom. The zero-order valence-electron chi connectivity index (χ0n) is 21.1. The molecule has 4 heteroatoms. The van der Waals surface area contributed by atoms with Gasteiger partial charge in [0.05, 0.1) is 6.16 Å². The first-order valence-electron chi connectivity index (χ1n) is 12.3. The third kappa shape index (κ3) is 7.26. The monoisotopic (exact) mass is 476 g/mol. The number of rotatable bonds is 11. The number of carbonyl (C=O) groups is 1. The largest absolute Gasteiger partial charge is 0.460 e. The van der Waals surface area contributed by atoms with E-state index in [9.17, 15) is 4.79 Å². The van der Waals surface area contributed by atoms with Crippen molar-refractivity contribution in [1.82, 2.24) is 4.90 Å². The number of unbranched alkanes of at least 4 members (excludes halogenated alkanes) is 1. The molecule has 3 rings (SSSR count). The molecule has 3 aromatic carbocycles. The van der Waals surface area contributed by atoms with Crippen molar-refractivity contribution in [3.63, 3.8) is 0 Å². The van der Waals surface area contributed by atoms with Crippen molar-refractivity contribution < 1.29 is 9.53 Å². The van der Waals surface area contributed by atoms with Gasteiger partial charge in [0.15, 0.2) is 0 Å². The van der Waals surface area contributed by atoms with Gasteiger partial charge in [0.25, 0.3) is 0 Å². The van der Waals surface area contributed by atoms with Gasteiger partial charge in [0.2, 0.25) is 0 Å². The summed E-state index contributed by atoms with van der Waals surface area (Å²) in [4.78, 5) is 14.4. The quantitative estimate of drug-likeness (QED) is 0.210. The molecule has 0 aromatic heterocycles. The molecular formula is C30H39NO2P+. The molecule has 0 saturated carbocycles.